The fourth-order valence-electron chi connectivity index (χ4n) is 5.07. The van der Waals surface area contributed by atoms with E-state index in [-0.39, 0.29) is 17.6 Å². The summed E-state index contributed by atoms with van der Waals surface area (Å²) < 4.78 is 1.89. The fourth-order valence-corrected chi connectivity index (χ4v) is 5.07. The van der Waals surface area contributed by atoms with E-state index >= 15 is 0 Å². The van der Waals surface area contributed by atoms with Crippen molar-refractivity contribution in [1.82, 2.24) is 14.5 Å². The van der Waals surface area contributed by atoms with Crippen LogP contribution in [0, 0.1) is 17.8 Å². The normalized spacial score (nSPS) is 24.6. The first-order valence-corrected chi connectivity index (χ1v) is 10.5. The molecule has 0 unspecified atom stereocenters. The van der Waals surface area contributed by atoms with E-state index in [1.165, 1.54) is 12.8 Å². The number of benzene rings is 1. The van der Waals surface area contributed by atoms with Crippen molar-refractivity contribution in [2.24, 2.45) is 17.8 Å². The van der Waals surface area contributed by atoms with Crippen LogP contribution in [0.25, 0.3) is 11.0 Å². The first kappa shape index (κ1) is 18.3. The molecule has 27 heavy (non-hydrogen) atoms. The first-order chi connectivity index (χ1) is 13.0. The first-order valence-electron chi connectivity index (χ1n) is 10.5. The Kier molecular flexibility index (Phi) is 5.11. The largest absolute Gasteiger partial charge is 0.342 e. The number of para-hydroxylation sites is 2. The standard InChI is InChI=1S/C22H31N3O2/c1-15(2)16-7-9-17(10-8-16)21(26)24-13-11-18(12-14-24)25-20-6-4-3-5-19(20)23-22(25)27/h3-6,15-18H,7-14H2,1-2H3,(H,23,27). The maximum Gasteiger partial charge on any atom is 0.326 e. The highest BCUT2D eigenvalue weighted by Gasteiger charge is 2.33. The van der Waals surface area contributed by atoms with Crippen LogP contribution in [0.1, 0.15) is 58.4 Å². The number of carbonyl (C=O) groups excluding carboxylic acids is 1. The molecule has 2 fully saturated rings. The molecule has 2 heterocycles. The highest BCUT2D eigenvalue weighted by molar-refractivity contribution is 5.79. The van der Waals surface area contributed by atoms with Crippen molar-refractivity contribution in [2.75, 3.05) is 13.1 Å². The summed E-state index contributed by atoms with van der Waals surface area (Å²) in [6, 6.07) is 8.03. The Morgan fingerprint density at radius 2 is 1.70 bits per heavy atom. The van der Waals surface area contributed by atoms with Gasteiger partial charge < -0.3 is 9.88 Å². The van der Waals surface area contributed by atoms with Crippen molar-refractivity contribution in [3.63, 3.8) is 0 Å². The quantitative estimate of drug-likeness (QED) is 0.890. The lowest BCUT2D eigenvalue weighted by molar-refractivity contribution is -0.138. The fraction of sp³-hybridized carbons (Fsp3) is 0.636. The zero-order valence-corrected chi connectivity index (χ0v) is 16.5. The summed E-state index contributed by atoms with van der Waals surface area (Å²) in [5, 5.41) is 0. The van der Waals surface area contributed by atoms with Gasteiger partial charge in [-0.3, -0.25) is 9.36 Å². The number of hydrogen-bond donors (Lipinski definition) is 1. The predicted molar refractivity (Wildman–Crippen MR) is 108 cm³/mol. The van der Waals surface area contributed by atoms with Crippen molar-refractivity contribution < 1.29 is 4.79 Å². The molecule has 146 valence electrons. The minimum Gasteiger partial charge on any atom is -0.342 e. The van der Waals surface area contributed by atoms with Crippen LogP contribution in [-0.2, 0) is 4.79 Å². The Morgan fingerprint density at radius 3 is 2.37 bits per heavy atom. The maximum absolute atomic E-state index is 13.0. The van der Waals surface area contributed by atoms with E-state index in [2.05, 4.69) is 23.7 Å². The van der Waals surface area contributed by atoms with Gasteiger partial charge in [-0.2, -0.15) is 0 Å². The van der Waals surface area contributed by atoms with Crippen LogP contribution in [0.4, 0.5) is 0 Å². The number of aromatic nitrogens is 2. The van der Waals surface area contributed by atoms with Gasteiger partial charge in [0.15, 0.2) is 0 Å². The van der Waals surface area contributed by atoms with Gasteiger partial charge in [-0.25, -0.2) is 4.79 Å². The highest BCUT2D eigenvalue weighted by atomic mass is 16.2. The second-order valence-corrected chi connectivity index (χ2v) is 8.73. The van der Waals surface area contributed by atoms with Crippen LogP contribution >= 0.6 is 0 Å². The summed E-state index contributed by atoms with van der Waals surface area (Å²) in [5.41, 5.74) is 1.83. The van der Waals surface area contributed by atoms with Gasteiger partial charge in [-0.15, -0.1) is 0 Å². The topological polar surface area (TPSA) is 58.1 Å². The molecule has 1 aromatic heterocycles. The lowest BCUT2D eigenvalue weighted by Gasteiger charge is -2.37. The minimum absolute atomic E-state index is 0.0343. The smallest absolute Gasteiger partial charge is 0.326 e. The van der Waals surface area contributed by atoms with Gasteiger partial charge in [0.2, 0.25) is 5.91 Å². The number of likely N-dealkylation sites (tertiary alicyclic amines) is 1. The second-order valence-electron chi connectivity index (χ2n) is 8.73. The predicted octanol–water partition coefficient (Wildman–Crippen LogP) is 3.96. The van der Waals surface area contributed by atoms with E-state index in [1.807, 2.05) is 28.8 Å². The number of imidazole rings is 1. The highest BCUT2D eigenvalue weighted by Crippen LogP contribution is 2.35. The van der Waals surface area contributed by atoms with E-state index in [4.69, 9.17) is 0 Å². The molecule has 4 rings (SSSR count). The number of carbonyl (C=O) groups is 1. The number of hydrogen-bond acceptors (Lipinski definition) is 2. The van der Waals surface area contributed by atoms with E-state index < -0.39 is 0 Å². The lowest BCUT2D eigenvalue weighted by atomic mass is 9.76. The number of amides is 1. The SMILES string of the molecule is CC(C)C1CCC(C(=O)N2CCC(n3c(=O)[nH]c4ccccc43)CC2)CC1. The van der Waals surface area contributed by atoms with Crippen molar-refractivity contribution in [3.05, 3.63) is 34.7 Å². The van der Waals surface area contributed by atoms with Gasteiger partial charge in [0.05, 0.1) is 11.0 Å². The van der Waals surface area contributed by atoms with Crippen LogP contribution in [0.15, 0.2) is 29.1 Å². The van der Waals surface area contributed by atoms with Crippen LogP contribution in [0.3, 0.4) is 0 Å². The molecule has 5 nitrogen and oxygen atoms in total. The molecular weight excluding hydrogens is 338 g/mol. The summed E-state index contributed by atoms with van der Waals surface area (Å²) in [7, 11) is 0. The molecular formula is C22H31N3O2. The second kappa shape index (κ2) is 7.53. The Morgan fingerprint density at radius 1 is 1.04 bits per heavy atom. The average molecular weight is 370 g/mol. The Bertz CT molecular complexity index is 850. The third kappa shape index (κ3) is 3.56. The molecule has 1 aromatic carbocycles. The van der Waals surface area contributed by atoms with Crippen molar-refractivity contribution in [3.8, 4) is 0 Å². The molecule has 5 heteroatoms. The summed E-state index contributed by atoms with van der Waals surface area (Å²) in [6.45, 7) is 6.12. The minimum atomic E-state index is -0.0343. The molecule has 1 N–H and O–H groups in total. The summed E-state index contributed by atoms with van der Waals surface area (Å²) in [6.07, 6.45) is 6.18. The van der Waals surface area contributed by atoms with Crippen LogP contribution in [0.2, 0.25) is 0 Å². The molecule has 1 saturated heterocycles. The van der Waals surface area contributed by atoms with E-state index in [1.54, 1.807) is 0 Å². The number of H-pyrrole nitrogens is 1. The molecule has 2 aliphatic rings. The Balaban J connectivity index is 1.38. The number of aromatic amines is 1. The monoisotopic (exact) mass is 369 g/mol. The number of nitrogens with one attached hydrogen (secondary N) is 1. The van der Waals surface area contributed by atoms with Gasteiger partial charge in [-0.1, -0.05) is 26.0 Å². The van der Waals surface area contributed by atoms with E-state index in [0.29, 0.717) is 5.91 Å². The molecule has 2 aromatic rings. The third-order valence-electron chi connectivity index (χ3n) is 6.83. The van der Waals surface area contributed by atoms with Gasteiger partial charge in [0.1, 0.15) is 0 Å². The van der Waals surface area contributed by atoms with Crippen molar-refractivity contribution in [1.29, 1.82) is 0 Å². The molecule has 1 aliphatic heterocycles. The van der Waals surface area contributed by atoms with Gasteiger partial charge in [0, 0.05) is 25.0 Å². The Labute approximate surface area is 160 Å². The molecule has 1 saturated carbocycles. The molecule has 0 spiro atoms. The number of rotatable bonds is 3. The van der Waals surface area contributed by atoms with E-state index in [9.17, 15) is 9.59 Å². The third-order valence-corrected chi connectivity index (χ3v) is 6.83. The summed E-state index contributed by atoms with van der Waals surface area (Å²) >= 11 is 0. The maximum atomic E-state index is 13.0. The number of piperidine rings is 1. The van der Waals surface area contributed by atoms with E-state index in [0.717, 1.165) is 61.6 Å². The van der Waals surface area contributed by atoms with Crippen LogP contribution < -0.4 is 5.69 Å². The number of nitrogens with zero attached hydrogens (tertiary/aromatic N) is 2. The van der Waals surface area contributed by atoms with Gasteiger partial charge >= 0.3 is 5.69 Å². The molecule has 0 atom stereocenters. The molecule has 1 aliphatic carbocycles. The van der Waals surface area contributed by atoms with Crippen LogP contribution in [0.5, 0.6) is 0 Å². The Hall–Kier alpha value is -2.04. The van der Waals surface area contributed by atoms with Crippen molar-refractivity contribution >= 4 is 16.9 Å². The average Bonchev–Trinajstić information content (AvgIpc) is 3.03. The molecule has 0 radical (unpaired) electrons. The summed E-state index contributed by atoms with van der Waals surface area (Å²) in [4.78, 5) is 30.4. The zero-order chi connectivity index (χ0) is 19.0. The molecule has 0 bridgehead atoms. The van der Waals surface area contributed by atoms with Crippen LogP contribution in [-0.4, -0.2) is 33.4 Å². The van der Waals surface area contributed by atoms with Gasteiger partial charge in [-0.05, 0) is 62.5 Å². The van der Waals surface area contributed by atoms with Gasteiger partial charge in [0.25, 0.3) is 0 Å². The number of fused-ring (bicyclic) bond motifs is 1. The summed E-state index contributed by atoms with van der Waals surface area (Å²) in [5.74, 6) is 2.08. The molecule has 1 amide bonds. The lowest BCUT2D eigenvalue weighted by Crippen LogP contribution is -2.44. The van der Waals surface area contributed by atoms with Crippen molar-refractivity contribution in [2.45, 2.75) is 58.4 Å². The zero-order valence-electron chi connectivity index (χ0n) is 16.5.